The predicted molar refractivity (Wildman–Crippen MR) is 107 cm³/mol. The summed E-state index contributed by atoms with van der Waals surface area (Å²) in [6, 6.07) is 10.4. The van der Waals surface area contributed by atoms with Crippen LogP contribution < -0.4 is 9.64 Å². The van der Waals surface area contributed by atoms with Gasteiger partial charge in [0.1, 0.15) is 16.8 Å². The highest BCUT2D eigenvalue weighted by Crippen LogP contribution is 2.52. The van der Waals surface area contributed by atoms with E-state index >= 15 is 0 Å². The Morgan fingerprint density at radius 1 is 1.35 bits per heavy atom. The van der Waals surface area contributed by atoms with Crippen LogP contribution in [0.1, 0.15) is 49.3 Å². The van der Waals surface area contributed by atoms with Crippen LogP contribution in [-0.2, 0) is 0 Å². The lowest BCUT2D eigenvalue weighted by Gasteiger charge is -2.39. The molecule has 0 N–H and O–H groups in total. The van der Waals surface area contributed by atoms with Crippen LogP contribution in [0.25, 0.3) is 0 Å². The molecule has 2 bridgehead atoms. The second kappa shape index (κ2) is 7.13. The fourth-order valence-electron chi connectivity index (χ4n) is 3.71. The van der Waals surface area contributed by atoms with Gasteiger partial charge in [0.2, 0.25) is 0 Å². The molecule has 1 aromatic carbocycles. The molecule has 4 heterocycles. The number of fused-ring (bicyclic) bond motifs is 2. The molecule has 1 aromatic heterocycles. The van der Waals surface area contributed by atoms with Gasteiger partial charge in [-0.05, 0) is 36.8 Å². The first-order valence-electron chi connectivity index (χ1n) is 9.25. The molecule has 26 heavy (non-hydrogen) atoms. The van der Waals surface area contributed by atoms with Gasteiger partial charge in [0.15, 0.2) is 0 Å². The third-order valence-electron chi connectivity index (χ3n) is 5.02. The van der Waals surface area contributed by atoms with Crippen molar-refractivity contribution in [3.05, 3.63) is 41.0 Å². The van der Waals surface area contributed by atoms with Crippen molar-refractivity contribution in [1.82, 2.24) is 0 Å². The first-order valence-corrected chi connectivity index (χ1v) is 10.1. The lowest BCUT2D eigenvalue weighted by molar-refractivity contribution is 0.271. The van der Waals surface area contributed by atoms with E-state index in [1.54, 1.807) is 11.3 Å². The molecule has 0 saturated carbocycles. The minimum Gasteiger partial charge on any atom is -0.493 e. The van der Waals surface area contributed by atoms with E-state index in [0.29, 0.717) is 18.4 Å². The lowest BCUT2D eigenvalue weighted by atomic mass is 9.84. The molecule has 0 atom stereocenters. The highest BCUT2D eigenvalue weighted by atomic mass is 32.1. The van der Waals surface area contributed by atoms with Crippen molar-refractivity contribution in [2.45, 2.75) is 32.6 Å². The largest absolute Gasteiger partial charge is 0.493 e. The van der Waals surface area contributed by atoms with E-state index < -0.39 is 0 Å². The van der Waals surface area contributed by atoms with Crippen molar-refractivity contribution < 1.29 is 4.74 Å². The Hall–Kier alpha value is -2.32. The predicted octanol–water partition coefficient (Wildman–Crippen LogP) is 5.10. The Balaban J connectivity index is 1.65. The van der Waals surface area contributed by atoms with E-state index in [1.807, 2.05) is 30.5 Å². The summed E-state index contributed by atoms with van der Waals surface area (Å²) in [5.74, 6) is 1.85. The highest BCUT2D eigenvalue weighted by Gasteiger charge is 2.36. The van der Waals surface area contributed by atoms with Gasteiger partial charge in [0, 0.05) is 30.4 Å². The Bertz CT molecular complexity index is 870. The number of ether oxygens (including phenoxy) is 1. The molecule has 0 aliphatic carbocycles. The highest BCUT2D eigenvalue weighted by molar-refractivity contribution is 7.20. The van der Waals surface area contributed by atoms with E-state index in [9.17, 15) is 5.26 Å². The molecule has 3 aliphatic rings. The van der Waals surface area contributed by atoms with Crippen LogP contribution in [0.3, 0.4) is 0 Å². The Morgan fingerprint density at radius 3 is 2.85 bits per heavy atom. The standard InChI is InChI=1S/C21H23N3OS/c1-14(2)13-25-18-6-4-3-5-16(18)12-23-20-17(11-22)19-15-7-9-24(10-8-15)21(19)26-20/h3-6,12,14-15H,7-10,13H2,1-2H3. The molecule has 4 nitrogen and oxygen atoms in total. The zero-order valence-corrected chi connectivity index (χ0v) is 16.1. The van der Waals surface area contributed by atoms with Crippen LogP contribution >= 0.6 is 11.3 Å². The van der Waals surface area contributed by atoms with Crippen LogP contribution in [0.5, 0.6) is 5.75 Å². The molecular weight excluding hydrogens is 342 g/mol. The summed E-state index contributed by atoms with van der Waals surface area (Å²) in [7, 11) is 0. The van der Waals surface area contributed by atoms with Crippen molar-refractivity contribution in [3.8, 4) is 11.8 Å². The van der Waals surface area contributed by atoms with Gasteiger partial charge in [0.25, 0.3) is 0 Å². The summed E-state index contributed by atoms with van der Waals surface area (Å²) in [6.07, 6.45) is 4.16. The first kappa shape index (κ1) is 17.1. The van der Waals surface area contributed by atoms with Crippen LogP contribution in [0, 0.1) is 17.2 Å². The van der Waals surface area contributed by atoms with Crippen LogP contribution in [0.2, 0.25) is 0 Å². The molecule has 1 saturated heterocycles. The maximum Gasteiger partial charge on any atom is 0.136 e. The number of aliphatic imine (C=N–C) groups is 1. The molecule has 0 spiro atoms. The van der Waals surface area contributed by atoms with Crippen molar-refractivity contribution in [2.24, 2.45) is 10.9 Å². The van der Waals surface area contributed by atoms with E-state index in [2.05, 4.69) is 24.8 Å². The average Bonchev–Trinajstić information content (AvgIpc) is 3.06. The lowest BCUT2D eigenvalue weighted by Crippen LogP contribution is -2.37. The maximum absolute atomic E-state index is 9.73. The molecule has 0 radical (unpaired) electrons. The third-order valence-corrected chi connectivity index (χ3v) is 6.20. The molecule has 2 aromatic rings. The molecule has 5 heteroatoms. The summed E-state index contributed by atoms with van der Waals surface area (Å²) in [5, 5.41) is 11.8. The second-order valence-electron chi connectivity index (χ2n) is 7.38. The van der Waals surface area contributed by atoms with Gasteiger partial charge in [-0.15, -0.1) is 0 Å². The molecule has 0 amide bonds. The van der Waals surface area contributed by atoms with Gasteiger partial charge in [-0.1, -0.05) is 37.3 Å². The Kier molecular flexibility index (Phi) is 4.69. The fraction of sp³-hybridized carbons (Fsp3) is 0.429. The topological polar surface area (TPSA) is 48.6 Å². The molecule has 134 valence electrons. The van der Waals surface area contributed by atoms with Gasteiger partial charge in [-0.2, -0.15) is 5.26 Å². The van der Waals surface area contributed by atoms with E-state index in [1.165, 1.54) is 10.6 Å². The van der Waals surface area contributed by atoms with E-state index in [-0.39, 0.29) is 0 Å². The number of para-hydroxylation sites is 1. The fourth-order valence-corrected chi connectivity index (χ4v) is 4.94. The quantitative estimate of drug-likeness (QED) is 0.692. The van der Waals surface area contributed by atoms with Crippen molar-refractivity contribution in [2.75, 3.05) is 24.6 Å². The normalized spacial score (nSPS) is 16.3. The zero-order chi connectivity index (χ0) is 18.1. The van der Waals surface area contributed by atoms with Crippen molar-refractivity contribution in [1.29, 1.82) is 5.26 Å². The summed E-state index contributed by atoms with van der Waals surface area (Å²) in [6.45, 7) is 7.17. The zero-order valence-electron chi connectivity index (χ0n) is 15.2. The van der Waals surface area contributed by atoms with Crippen LogP contribution in [0.15, 0.2) is 29.3 Å². The second-order valence-corrected chi connectivity index (χ2v) is 8.35. The van der Waals surface area contributed by atoms with Crippen molar-refractivity contribution >= 4 is 27.6 Å². The van der Waals surface area contributed by atoms with Crippen LogP contribution in [0.4, 0.5) is 10.0 Å². The minimum atomic E-state index is 0.471. The number of nitrogens with zero attached hydrogens (tertiary/aromatic N) is 3. The van der Waals surface area contributed by atoms with Gasteiger partial charge < -0.3 is 9.64 Å². The maximum atomic E-state index is 9.73. The smallest absolute Gasteiger partial charge is 0.136 e. The molecule has 5 rings (SSSR count). The Labute approximate surface area is 158 Å². The number of rotatable bonds is 5. The summed E-state index contributed by atoms with van der Waals surface area (Å²) < 4.78 is 5.91. The van der Waals surface area contributed by atoms with Gasteiger partial charge >= 0.3 is 0 Å². The summed E-state index contributed by atoms with van der Waals surface area (Å²) in [5.41, 5.74) is 2.97. The van der Waals surface area contributed by atoms with E-state index in [4.69, 9.17) is 9.73 Å². The molecule has 1 fully saturated rings. The Morgan fingerprint density at radius 2 is 2.12 bits per heavy atom. The number of hydrogen-bond acceptors (Lipinski definition) is 5. The minimum absolute atomic E-state index is 0.471. The van der Waals surface area contributed by atoms with Gasteiger partial charge in [0.05, 0.1) is 17.2 Å². The SMILES string of the molecule is CC(C)COc1ccccc1C=Nc1sc2c(c1C#N)C1CCN2CC1. The molecule has 0 unspecified atom stereocenters. The number of nitriles is 1. The van der Waals surface area contributed by atoms with Crippen LogP contribution in [-0.4, -0.2) is 25.9 Å². The number of anilines is 1. The first-order chi connectivity index (χ1) is 12.7. The number of hydrogen-bond donors (Lipinski definition) is 0. The van der Waals surface area contributed by atoms with E-state index in [0.717, 1.165) is 47.8 Å². The average molecular weight is 366 g/mol. The number of thiophene rings is 1. The monoisotopic (exact) mass is 365 g/mol. The van der Waals surface area contributed by atoms with Crippen molar-refractivity contribution in [3.63, 3.8) is 0 Å². The number of piperidine rings is 1. The third kappa shape index (κ3) is 3.10. The van der Waals surface area contributed by atoms with Gasteiger partial charge in [-0.25, -0.2) is 4.99 Å². The summed E-state index contributed by atoms with van der Waals surface area (Å²) in [4.78, 5) is 7.12. The molecule has 3 aliphatic heterocycles. The molecular formula is C21H23N3OS. The summed E-state index contributed by atoms with van der Waals surface area (Å²) >= 11 is 1.66. The van der Waals surface area contributed by atoms with Gasteiger partial charge in [-0.3, -0.25) is 0 Å². The number of benzene rings is 1.